The molecule has 0 aliphatic heterocycles. The van der Waals surface area contributed by atoms with E-state index in [9.17, 15) is 0 Å². The molecule has 1 fully saturated rings. The first-order valence-corrected chi connectivity index (χ1v) is 12.5. The van der Waals surface area contributed by atoms with Gasteiger partial charge in [-0.3, -0.25) is 0 Å². The van der Waals surface area contributed by atoms with E-state index in [1.54, 1.807) is 0 Å². The standard InChI is InChI=1S/C30H37F/c1-2-3-4-6-9-23-12-14-24(15-13-23)16-17-25-18-20-29-27(22-25)19-21-28(30(29)31)26-10-7-5-8-11-26/h5,7-8,10-11,18-24H,2-4,6,9,12-17H2,1H3. The predicted octanol–water partition coefficient (Wildman–Crippen LogP) is 9.36. The summed E-state index contributed by atoms with van der Waals surface area (Å²) in [7, 11) is 0. The van der Waals surface area contributed by atoms with Gasteiger partial charge in [0, 0.05) is 10.9 Å². The van der Waals surface area contributed by atoms with Crippen molar-refractivity contribution in [1.29, 1.82) is 0 Å². The SMILES string of the molecule is CCCCCCC1CCC(CCc2ccc3c(F)c(-c4ccccc4)ccc3c2)CC1. The number of benzene rings is 3. The zero-order chi connectivity index (χ0) is 21.5. The van der Waals surface area contributed by atoms with Gasteiger partial charge in [-0.2, -0.15) is 0 Å². The van der Waals surface area contributed by atoms with Crippen molar-refractivity contribution < 1.29 is 4.39 Å². The smallest absolute Gasteiger partial charge is 0.138 e. The summed E-state index contributed by atoms with van der Waals surface area (Å²) in [6.07, 6.45) is 15.1. The van der Waals surface area contributed by atoms with Crippen molar-refractivity contribution in [2.75, 3.05) is 0 Å². The van der Waals surface area contributed by atoms with Gasteiger partial charge in [0.2, 0.25) is 0 Å². The molecule has 0 saturated heterocycles. The molecule has 3 aromatic rings. The Labute approximate surface area is 187 Å². The van der Waals surface area contributed by atoms with E-state index < -0.39 is 0 Å². The van der Waals surface area contributed by atoms with E-state index in [1.165, 1.54) is 69.8 Å². The molecule has 0 N–H and O–H groups in total. The third-order valence-electron chi connectivity index (χ3n) is 7.38. The minimum atomic E-state index is -0.104. The fourth-order valence-electron chi connectivity index (χ4n) is 5.38. The number of halogens is 1. The number of rotatable bonds is 9. The minimum absolute atomic E-state index is 0.104. The van der Waals surface area contributed by atoms with E-state index >= 15 is 4.39 Å². The number of fused-ring (bicyclic) bond motifs is 1. The van der Waals surface area contributed by atoms with Crippen molar-refractivity contribution in [3.05, 3.63) is 72.0 Å². The Morgan fingerprint density at radius 1 is 0.774 bits per heavy atom. The number of aryl methyl sites for hydroxylation is 1. The van der Waals surface area contributed by atoms with Gasteiger partial charge in [-0.05, 0) is 41.2 Å². The molecule has 31 heavy (non-hydrogen) atoms. The van der Waals surface area contributed by atoms with Crippen LogP contribution in [-0.4, -0.2) is 0 Å². The molecule has 0 heterocycles. The van der Waals surface area contributed by atoms with Gasteiger partial charge >= 0.3 is 0 Å². The van der Waals surface area contributed by atoms with E-state index in [0.29, 0.717) is 5.56 Å². The first-order chi connectivity index (χ1) is 15.2. The zero-order valence-electron chi connectivity index (χ0n) is 19.1. The minimum Gasteiger partial charge on any atom is -0.206 e. The number of hydrogen-bond acceptors (Lipinski definition) is 0. The molecule has 0 nitrogen and oxygen atoms in total. The van der Waals surface area contributed by atoms with Crippen molar-refractivity contribution in [2.24, 2.45) is 11.8 Å². The second-order valence-electron chi connectivity index (χ2n) is 9.62. The first kappa shape index (κ1) is 22.1. The molecule has 1 heteroatoms. The summed E-state index contributed by atoms with van der Waals surface area (Å²) in [5.41, 5.74) is 2.97. The highest BCUT2D eigenvalue weighted by molar-refractivity contribution is 5.88. The van der Waals surface area contributed by atoms with Crippen LogP contribution >= 0.6 is 0 Å². The van der Waals surface area contributed by atoms with Crippen LogP contribution in [0.5, 0.6) is 0 Å². The zero-order valence-corrected chi connectivity index (χ0v) is 19.1. The van der Waals surface area contributed by atoms with E-state index in [0.717, 1.165) is 34.6 Å². The molecule has 0 amide bonds. The van der Waals surface area contributed by atoms with Gasteiger partial charge in [0.25, 0.3) is 0 Å². The van der Waals surface area contributed by atoms with Crippen LogP contribution in [-0.2, 0) is 6.42 Å². The molecule has 1 saturated carbocycles. The fraction of sp³-hybridized carbons (Fsp3) is 0.467. The van der Waals surface area contributed by atoms with Crippen LogP contribution in [0.2, 0.25) is 0 Å². The molecule has 1 aliphatic rings. The first-order valence-electron chi connectivity index (χ1n) is 12.5. The lowest BCUT2D eigenvalue weighted by Crippen LogP contribution is -2.15. The molecule has 0 bridgehead atoms. The van der Waals surface area contributed by atoms with Gasteiger partial charge in [0.1, 0.15) is 5.82 Å². The summed E-state index contributed by atoms with van der Waals surface area (Å²) in [6.45, 7) is 2.29. The van der Waals surface area contributed by atoms with Gasteiger partial charge < -0.3 is 0 Å². The van der Waals surface area contributed by atoms with Crippen molar-refractivity contribution in [1.82, 2.24) is 0 Å². The Kier molecular flexibility index (Phi) is 7.78. The van der Waals surface area contributed by atoms with Crippen molar-refractivity contribution in [3.63, 3.8) is 0 Å². The quantitative estimate of drug-likeness (QED) is 0.305. The van der Waals surface area contributed by atoms with Crippen LogP contribution in [0.4, 0.5) is 4.39 Å². The lowest BCUT2D eigenvalue weighted by Gasteiger charge is -2.28. The van der Waals surface area contributed by atoms with Crippen LogP contribution in [0, 0.1) is 17.7 Å². The maximum atomic E-state index is 15.1. The molecule has 0 radical (unpaired) electrons. The van der Waals surface area contributed by atoms with Crippen molar-refractivity contribution >= 4 is 10.8 Å². The second-order valence-corrected chi connectivity index (χ2v) is 9.62. The predicted molar refractivity (Wildman–Crippen MR) is 132 cm³/mol. The maximum absolute atomic E-state index is 15.1. The molecule has 0 spiro atoms. The Hall–Kier alpha value is -2.15. The Morgan fingerprint density at radius 2 is 1.52 bits per heavy atom. The fourth-order valence-corrected chi connectivity index (χ4v) is 5.38. The monoisotopic (exact) mass is 416 g/mol. The van der Waals surface area contributed by atoms with E-state index in [2.05, 4.69) is 25.1 Å². The van der Waals surface area contributed by atoms with Gasteiger partial charge in [-0.15, -0.1) is 0 Å². The lowest BCUT2D eigenvalue weighted by atomic mass is 9.77. The summed E-state index contributed by atoms with van der Waals surface area (Å²) >= 11 is 0. The van der Waals surface area contributed by atoms with Crippen LogP contribution < -0.4 is 0 Å². The van der Waals surface area contributed by atoms with E-state index in [1.807, 2.05) is 42.5 Å². The highest BCUT2D eigenvalue weighted by Crippen LogP contribution is 2.35. The van der Waals surface area contributed by atoms with E-state index in [4.69, 9.17) is 0 Å². The van der Waals surface area contributed by atoms with Crippen LogP contribution in [0.3, 0.4) is 0 Å². The molecule has 0 unspecified atom stereocenters. The summed E-state index contributed by atoms with van der Waals surface area (Å²) in [4.78, 5) is 0. The molecular weight excluding hydrogens is 379 g/mol. The van der Waals surface area contributed by atoms with Gasteiger partial charge in [0.15, 0.2) is 0 Å². The van der Waals surface area contributed by atoms with Crippen LogP contribution in [0.15, 0.2) is 60.7 Å². The molecule has 164 valence electrons. The second kappa shape index (κ2) is 10.9. The number of unbranched alkanes of at least 4 members (excludes halogenated alkanes) is 3. The average molecular weight is 417 g/mol. The maximum Gasteiger partial charge on any atom is 0.138 e. The van der Waals surface area contributed by atoms with E-state index in [-0.39, 0.29) is 5.82 Å². The van der Waals surface area contributed by atoms with Crippen molar-refractivity contribution in [3.8, 4) is 11.1 Å². The Bertz CT molecular complexity index is 951. The molecule has 0 aromatic heterocycles. The van der Waals surface area contributed by atoms with Crippen LogP contribution in [0.1, 0.15) is 76.7 Å². The highest BCUT2D eigenvalue weighted by Gasteiger charge is 2.20. The van der Waals surface area contributed by atoms with Crippen LogP contribution in [0.25, 0.3) is 21.9 Å². The third-order valence-corrected chi connectivity index (χ3v) is 7.38. The molecule has 1 aliphatic carbocycles. The van der Waals surface area contributed by atoms with Gasteiger partial charge in [0.05, 0.1) is 0 Å². The summed E-state index contributed by atoms with van der Waals surface area (Å²) < 4.78 is 15.1. The van der Waals surface area contributed by atoms with Gasteiger partial charge in [-0.25, -0.2) is 4.39 Å². The van der Waals surface area contributed by atoms with Crippen molar-refractivity contribution in [2.45, 2.75) is 77.6 Å². The summed E-state index contributed by atoms with van der Waals surface area (Å²) in [5.74, 6) is 1.75. The Balaban J connectivity index is 1.32. The molecular formula is C30H37F. The Morgan fingerprint density at radius 3 is 2.26 bits per heavy atom. The lowest BCUT2D eigenvalue weighted by molar-refractivity contribution is 0.249. The topological polar surface area (TPSA) is 0 Å². The normalized spacial score (nSPS) is 19.0. The molecule has 4 rings (SSSR count). The third kappa shape index (κ3) is 5.76. The van der Waals surface area contributed by atoms with Gasteiger partial charge in [-0.1, -0.05) is 125 Å². The number of hydrogen-bond donors (Lipinski definition) is 0. The molecule has 0 atom stereocenters. The summed E-state index contributed by atoms with van der Waals surface area (Å²) in [6, 6.07) is 20.2. The molecule has 3 aromatic carbocycles. The average Bonchev–Trinajstić information content (AvgIpc) is 2.82. The summed E-state index contributed by atoms with van der Waals surface area (Å²) in [5, 5.41) is 1.75. The largest absolute Gasteiger partial charge is 0.206 e. The highest BCUT2D eigenvalue weighted by atomic mass is 19.1.